The van der Waals surface area contributed by atoms with Gasteiger partial charge in [0.25, 0.3) is 5.91 Å². The number of hydrogen-bond donors (Lipinski definition) is 0. The van der Waals surface area contributed by atoms with E-state index >= 15 is 0 Å². The predicted molar refractivity (Wildman–Crippen MR) is 39.9 cm³/mol. The quantitative estimate of drug-likeness (QED) is 0.542. The lowest BCUT2D eigenvalue weighted by molar-refractivity contribution is -0.113. The number of halogens is 1. The van der Waals surface area contributed by atoms with E-state index in [9.17, 15) is 4.79 Å². The maximum atomic E-state index is 10.5. The van der Waals surface area contributed by atoms with Crippen LogP contribution < -0.4 is 0 Å². The monoisotopic (exact) mass is 198 g/mol. The van der Waals surface area contributed by atoms with Gasteiger partial charge < -0.3 is 0 Å². The molecule has 1 amide bonds. The summed E-state index contributed by atoms with van der Waals surface area (Å²) in [7, 11) is 0. The lowest BCUT2D eigenvalue weighted by Crippen LogP contribution is -2.15. The van der Waals surface area contributed by atoms with Crippen molar-refractivity contribution in [3.63, 3.8) is 0 Å². The van der Waals surface area contributed by atoms with Crippen molar-refractivity contribution in [2.24, 2.45) is 4.99 Å². The van der Waals surface area contributed by atoms with Crippen molar-refractivity contribution >= 4 is 27.5 Å². The van der Waals surface area contributed by atoms with Gasteiger partial charge in [-0.1, -0.05) is 22.0 Å². The summed E-state index contributed by atoms with van der Waals surface area (Å²) in [5, 5.41) is 8.38. The average molecular weight is 199 g/mol. The van der Waals surface area contributed by atoms with Gasteiger partial charge in [-0.25, -0.2) is 4.99 Å². The molecule has 1 unspecified atom stereocenters. The van der Waals surface area contributed by atoms with Crippen LogP contribution in [0.3, 0.4) is 0 Å². The van der Waals surface area contributed by atoms with E-state index in [4.69, 9.17) is 5.26 Å². The Morgan fingerprint density at radius 2 is 2.50 bits per heavy atom. The van der Waals surface area contributed by atoms with Crippen molar-refractivity contribution < 1.29 is 4.79 Å². The van der Waals surface area contributed by atoms with Gasteiger partial charge in [0.2, 0.25) is 0 Å². The third-order valence-electron chi connectivity index (χ3n) is 1.01. The Hall–Kier alpha value is -0.950. The fourth-order valence-electron chi connectivity index (χ4n) is 0.562. The van der Waals surface area contributed by atoms with Gasteiger partial charge in [0.05, 0.1) is 4.83 Å². The molecule has 0 aromatic heterocycles. The first kappa shape index (κ1) is 7.16. The summed E-state index contributed by atoms with van der Waals surface area (Å²) in [6, 6.07) is 1.82. The van der Waals surface area contributed by atoms with E-state index < -0.39 is 0 Å². The van der Waals surface area contributed by atoms with E-state index in [1.165, 1.54) is 6.08 Å². The van der Waals surface area contributed by atoms with Crippen LogP contribution in [0.15, 0.2) is 17.1 Å². The Kier molecular flexibility index (Phi) is 1.97. The lowest BCUT2D eigenvalue weighted by Gasteiger charge is -2.03. The average Bonchev–Trinajstić information content (AvgIpc) is 1.94. The third kappa shape index (κ3) is 1.31. The van der Waals surface area contributed by atoms with Gasteiger partial charge in [0.1, 0.15) is 11.8 Å². The molecule has 0 spiro atoms. The molecule has 3 nitrogen and oxygen atoms in total. The Balaban J connectivity index is 2.92. The number of amides is 1. The zero-order chi connectivity index (χ0) is 7.56. The van der Waals surface area contributed by atoms with Gasteiger partial charge in [0.15, 0.2) is 0 Å². The molecule has 0 aliphatic carbocycles. The molecule has 1 aliphatic rings. The number of nitrogens with zero attached hydrogens (tertiary/aromatic N) is 2. The maximum absolute atomic E-state index is 10.5. The predicted octanol–water partition coefficient (Wildman–Crippen LogP) is 0.811. The minimum atomic E-state index is -0.368. The minimum absolute atomic E-state index is 0.199. The zero-order valence-electron chi connectivity index (χ0n) is 4.91. The normalized spacial score (nSPS) is 23.8. The van der Waals surface area contributed by atoms with Crippen LogP contribution in [0.25, 0.3) is 0 Å². The molecule has 4 heteroatoms. The van der Waals surface area contributed by atoms with Gasteiger partial charge in [-0.3, -0.25) is 4.79 Å². The molecular weight excluding hydrogens is 196 g/mol. The number of nitriles is 1. The first-order chi connectivity index (χ1) is 4.74. The maximum Gasteiger partial charge on any atom is 0.270 e. The van der Waals surface area contributed by atoms with E-state index in [1.807, 2.05) is 6.07 Å². The standard InChI is InChI=1S/C6H3BrN2O/c7-4-1-2-6(10)9-5(4)3-8/h1-2,4H. The van der Waals surface area contributed by atoms with Crippen molar-refractivity contribution in [1.82, 2.24) is 0 Å². The summed E-state index contributed by atoms with van der Waals surface area (Å²) >= 11 is 3.15. The Bertz CT molecular complexity index is 261. The number of allylic oxidation sites excluding steroid dienone is 1. The molecule has 0 aromatic carbocycles. The molecule has 0 radical (unpaired) electrons. The summed E-state index contributed by atoms with van der Waals surface area (Å²) in [5.74, 6) is -0.368. The highest BCUT2D eigenvalue weighted by atomic mass is 79.9. The summed E-state index contributed by atoms with van der Waals surface area (Å²) in [6.07, 6.45) is 2.92. The Morgan fingerprint density at radius 3 is 3.00 bits per heavy atom. The van der Waals surface area contributed by atoms with Crippen LogP contribution in [-0.2, 0) is 4.79 Å². The molecule has 0 bridgehead atoms. The smallest absolute Gasteiger partial charge is 0.267 e. The molecule has 10 heavy (non-hydrogen) atoms. The van der Waals surface area contributed by atoms with Gasteiger partial charge in [-0.2, -0.15) is 5.26 Å². The van der Waals surface area contributed by atoms with Crippen LogP contribution in [0, 0.1) is 11.3 Å². The largest absolute Gasteiger partial charge is 0.270 e. The molecular formula is C6H3BrN2O. The van der Waals surface area contributed by atoms with E-state index in [-0.39, 0.29) is 16.4 Å². The highest BCUT2D eigenvalue weighted by Crippen LogP contribution is 2.08. The second-order valence-corrected chi connectivity index (χ2v) is 2.69. The summed E-state index contributed by atoms with van der Waals surface area (Å²) in [6.45, 7) is 0. The summed E-state index contributed by atoms with van der Waals surface area (Å²) in [4.78, 5) is 13.8. The fraction of sp³-hybridized carbons (Fsp3) is 0.167. The van der Waals surface area contributed by atoms with Crippen molar-refractivity contribution in [3.8, 4) is 6.07 Å². The first-order valence-corrected chi connectivity index (χ1v) is 3.50. The van der Waals surface area contributed by atoms with Crippen molar-refractivity contribution in [2.75, 3.05) is 0 Å². The van der Waals surface area contributed by atoms with E-state index in [0.29, 0.717) is 0 Å². The minimum Gasteiger partial charge on any atom is -0.267 e. The molecule has 1 rings (SSSR count). The number of dihydropyridines is 1. The highest BCUT2D eigenvalue weighted by Gasteiger charge is 2.14. The molecule has 1 aliphatic heterocycles. The second kappa shape index (κ2) is 2.76. The molecule has 1 heterocycles. The second-order valence-electron chi connectivity index (χ2n) is 1.71. The van der Waals surface area contributed by atoms with Crippen LogP contribution in [0.4, 0.5) is 0 Å². The van der Waals surface area contributed by atoms with Crippen LogP contribution >= 0.6 is 15.9 Å². The number of alkyl halides is 1. The summed E-state index contributed by atoms with van der Waals surface area (Å²) < 4.78 is 0. The van der Waals surface area contributed by atoms with Crippen molar-refractivity contribution in [1.29, 1.82) is 5.26 Å². The van der Waals surface area contributed by atoms with Crippen molar-refractivity contribution in [3.05, 3.63) is 12.2 Å². The van der Waals surface area contributed by atoms with Gasteiger partial charge in [-0.05, 0) is 0 Å². The molecule has 0 saturated carbocycles. The molecule has 0 N–H and O–H groups in total. The fourth-order valence-corrected chi connectivity index (χ4v) is 0.920. The van der Waals surface area contributed by atoms with E-state index in [0.717, 1.165) is 0 Å². The van der Waals surface area contributed by atoms with Gasteiger partial charge in [-0.15, -0.1) is 0 Å². The molecule has 0 aromatic rings. The van der Waals surface area contributed by atoms with Crippen molar-refractivity contribution in [2.45, 2.75) is 4.83 Å². The van der Waals surface area contributed by atoms with E-state index in [1.54, 1.807) is 6.08 Å². The van der Waals surface area contributed by atoms with E-state index in [2.05, 4.69) is 20.9 Å². The Morgan fingerprint density at radius 1 is 1.80 bits per heavy atom. The number of carbonyl (C=O) groups is 1. The number of carbonyl (C=O) groups excluding carboxylic acids is 1. The number of hydrogen-bond acceptors (Lipinski definition) is 2. The lowest BCUT2D eigenvalue weighted by atomic mass is 10.2. The molecule has 1 atom stereocenters. The first-order valence-electron chi connectivity index (χ1n) is 2.59. The van der Waals surface area contributed by atoms with Crippen LogP contribution in [0.5, 0.6) is 0 Å². The molecule has 0 fully saturated rings. The number of rotatable bonds is 0. The van der Waals surface area contributed by atoms with Crippen LogP contribution in [0.1, 0.15) is 0 Å². The van der Waals surface area contributed by atoms with Crippen LogP contribution in [-0.4, -0.2) is 16.4 Å². The zero-order valence-corrected chi connectivity index (χ0v) is 6.50. The topological polar surface area (TPSA) is 53.2 Å². The van der Waals surface area contributed by atoms with Crippen LogP contribution in [0.2, 0.25) is 0 Å². The summed E-state index contributed by atoms with van der Waals surface area (Å²) in [5.41, 5.74) is 0.215. The third-order valence-corrected chi connectivity index (χ3v) is 1.75. The molecule has 0 saturated heterocycles. The highest BCUT2D eigenvalue weighted by molar-refractivity contribution is 9.10. The van der Waals surface area contributed by atoms with Gasteiger partial charge in [0, 0.05) is 6.08 Å². The SMILES string of the molecule is N#CC1=NC(=O)C=CC1Br. The Labute approximate surface area is 66.2 Å². The molecule has 50 valence electrons. The van der Waals surface area contributed by atoms with Gasteiger partial charge >= 0.3 is 0 Å². The number of aliphatic imine (C=N–C) groups is 1.